The Labute approximate surface area is 174 Å². The van der Waals surface area contributed by atoms with Gasteiger partial charge in [-0.2, -0.15) is 0 Å². The van der Waals surface area contributed by atoms with Crippen molar-refractivity contribution < 1.29 is 14.3 Å². The van der Waals surface area contributed by atoms with Gasteiger partial charge in [-0.3, -0.25) is 0 Å². The van der Waals surface area contributed by atoms with E-state index in [1.54, 1.807) is 24.3 Å². The average Bonchev–Trinajstić information content (AvgIpc) is 2.99. The van der Waals surface area contributed by atoms with E-state index in [1.165, 1.54) is 7.11 Å². The summed E-state index contributed by atoms with van der Waals surface area (Å²) in [6.45, 7) is 4.38. The van der Waals surface area contributed by atoms with E-state index in [0.29, 0.717) is 22.8 Å². The number of amides is 2. The van der Waals surface area contributed by atoms with Gasteiger partial charge < -0.3 is 19.9 Å². The molecule has 0 spiro atoms. The molecule has 0 saturated carbocycles. The standard InChI is InChI=1S/C22H22ClN3O3/c1-14-10-17(15(2)26(14)20-9-5-7-18(23)12-20)13-24-22(28)25-19-8-4-6-16(11-19)21(27)29-3/h4-12H,13H2,1-3H3,(H2,24,25,28). The lowest BCUT2D eigenvalue weighted by atomic mass is 10.2. The van der Waals surface area contributed by atoms with Gasteiger partial charge in [-0.05, 0) is 61.9 Å². The molecule has 0 fully saturated rings. The van der Waals surface area contributed by atoms with Crippen molar-refractivity contribution >= 4 is 29.3 Å². The van der Waals surface area contributed by atoms with Gasteiger partial charge in [0.05, 0.1) is 12.7 Å². The summed E-state index contributed by atoms with van der Waals surface area (Å²) in [7, 11) is 1.31. The molecule has 0 aliphatic heterocycles. The number of ether oxygens (including phenoxy) is 1. The number of hydrogen-bond acceptors (Lipinski definition) is 3. The summed E-state index contributed by atoms with van der Waals surface area (Å²) in [5.74, 6) is -0.456. The molecular formula is C22H22ClN3O3. The fourth-order valence-corrected chi connectivity index (χ4v) is 3.40. The van der Waals surface area contributed by atoms with Gasteiger partial charge in [0, 0.05) is 34.3 Å². The van der Waals surface area contributed by atoms with Crippen molar-refractivity contribution in [1.29, 1.82) is 0 Å². The number of nitrogens with one attached hydrogen (secondary N) is 2. The van der Waals surface area contributed by atoms with Crippen molar-refractivity contribution in [3.8, 4) is 5.69 Å². The molecule has 150 valence electrons. The Hall–Kier alpha value is -3.25. The molecule has 2 amide bonds. The first kappa shape index (κ1) is 20.5. The molecule has 0 bridgehead atoms. The number of halogens is 1. The SMILES string of the molecule is COC(=O)c1cccc(NC(=O)NCc2cc(C)n(-c3cccc(Cl)c3)c2C)c1. The molecule has 7 heteroatoms. The van der Waals surface area contributed by atoms with Crippen molar-refractivity contribution in [2.45, 2.75) is 20.4 Å². The highest BCUT2D eigenvalue weighted by Gasteiger charge is 2.12. The highest BCUT2D eigenvalue weighted by Crippen LogP contribution is 2.23. The molecule has 1 heterocycles. The van der Waals surface area contributed by atoms with Crippen molar-refractivity contribution in [2.24, 2.45) is 0 Å². The zero-order valence-corrected chi connectivity index (χ0v) is 17.2. The van der Waals surface area contributed by atoms with Gasteiger partial charge in [0.1, 0.15) is 0 Å². The van der Waals surface area contributed by atoms with E-state index in [1.807, 2.05) is 44.2 Å². The summed E-state index contributed by atoms with van der Waals surface area (Å²) in [4.78, 5) is 23.9. The number of carbonyl (C=O) groups is 2. The summed E-state index contributed by atoms with van der Waals surface area (Å²) >= 11 is 6.12. The Balaban J connectivity index is 1.68. The number of aryl methyl sites for hydroxylation is 1. The molecule has 0 atom stereocenters. The zero-order valence-electron chi connectivity index (χ0n) is 16.5. The smallest absolute Gasteiger partial charge is 0.337 e. The number of rotatable bonds is 5. The molecule has 1 aromatic heterocycles. The van der Waals surface area contributed by atoms with Crippen LogP contribution in [0.4, 0.5) is 10.5 Å². The zero-order chi connectivity index (χ0) is 21.0. The lowest BCUT2D eigenvalue weighted by molar-refractivity contribution is 0.0600. The van der Waals surface area contributed by atoms with Crippen molar-refractivity contribution in [3.63, 3.8) is 0 Å². The van der Waals surface area contributed by atoms with Gasteiger partial charge in [-0.15, -0.1) is 0 Å². The molecule has 3 aromatic rings. The number of anilines is 1. The van der Waals surface area contributed by atoms with Crippen LogP contribution in [-0.2, 0) is 11.3 Å². The summed E-state index contributed by atoms with van der Waals surface area (Å²) in [6.07, 6.45) is 0. The maximum absolute atomic E-state index is 12.3. The molecule has 2 aromatic carbocycles. The third kappa shape index (κ3) is 4.78. The number of carbonyl (C=O) groups excluding carboxylic acids is 2. The molecule has 0 aliphatic rings. The first-order valence-corrected chi connectivity index (χ1v) is 9.44. The first-order valence-electron chi connectivity index (χ1n) is 9.06. The van der Waals surface area contributed by atoms with Crippen LogP contribution < -0.4 is 10.6 Å². The van der Waals surface area contributed by atoms with Gasteiger partial charge in [-0.25, -0.2) is 9.59 Å². The van der Waals surface area contributed by atoms with Crippen LogP contribution in [0.25, 0.3) is 5.69 Å². The maximum Gasteiger partial charge on any atom is 0.337 e. The number of methoxy groups -OCH3 is 1. The van der Waals surface area contributed by atoms with Crippen molar-refractivity contribution in [2.75, 3.05) is 12.4 Å². The molecule has 3 rings (SSSR count). The summed E-state index contributed by atoms with van der Waals surface area (Å²) in [6, 6.07) is 15.9. The first-order chi connectivity index (χ1) is 13.9. The normalized spacial score (nSPS) is 10.5. The number of esters is 1. The van der Waals surface area contributed by atoms with E-state index < -0.39 is 5.97 Å². The van der Waals surface area contributed by atoms with Gasteiger partial charge >= 0.3 is 12.0 Å². The topological polar surface area (TPSA) is 72.4 Å². The van der Waals surface area contributed by atoms with Crippen LogP contribution >= 0.6 is 11.6 Å². The van der Waals surface area contributed by atoms with Crippen LogP contribution in [0.1, 0.15) is 27.3 Å². The minimum atomic E-state index is -0.456. The Bertz CT molecular complexity index is 1060. The van der Waals surface area contributed by atoms with Gasteiger partial charge in [-0.1, -0.05) is 23.7 Å². The largest absolute Gasteiger partial charge is 0.465 e. The highest BCUT2D eigenvalue weighted by molar-refractivity contribution is 6.30. The number of benzene rings is 2. The van der Waals surface area contributed by atoms with E-state index in [2.05, 4.69) is 15.2 Å². The fourth-order valence-electron chi connectivity index (χ4n) is 3.21. The minimum Gasteiger partial charge on any atom is -0.465 e. The summed E-state index contributed by atoms with van der Waals surface area (Å²) < 4.78 is 6.79. The molecule has 0 radical (unpaired) electrons. The van der Waals surface area contributed by atoms with Crippen LogP contribution in [0.15, 0.2) is 54.6 Å². The Morgan fingerprint density at radius 2 is 1.83 bits per heavy atom. The average molecular weight is 412 g/mol. The third-order valence-corrected chi connectivity index (χ3v) is 4.82. The predicted octanol–water partition coefficient (Wildman–Crippen LogP) is 4.86. The van der Waals surface area contributed by atoms with Crippen LogP contribution in [-0.4, -0.2) is 23.7 Å². The second-order valence-electron chi connectivity index (χ2n) is 6.59. The highest BCUT2D eigenvalue weighted by atomic mass is 35.5. The van der Waals surface area contributed by atoms with E-state index in [-0.39, 0.29) is 6.03 Å². The quantitative estimate of drug-likeness (QED) is 0.589. The minimum absolute atomic E-state index is 0.362. The molecule has 0 unspecified atom stereocenters. The van der Waals surface area contributed by atoms with Crippen LogP contribution in [0.2, 0.25) is 5.02 Å². The molecule has 6 nitrogen and oxygen atoms in total. The monoisotopic (exact) mass is 411 g/mol. The van der Waals surface area contributed by atoms with Gasteiger partial charge in [0.25, 0.3) is 0 Å². The lowest BCUT2D eigenvalue weighted by Gasteiger charge is -2.11. The summed E-state index contributed by atoms with van der Waals surface area (Å²) in [5.41, 5.74) is 4.93. The van der Waals surface area contributed by atoms with E-state index in [4.69, 9.17) is 16.3 Å². The number of hydrogen-bond donors (Lipinski definition) is 2. The number of aromatic nitrogens is 1. The second kappa shape index (κ2) is 8.84. The number of nitrogens with zero attached hydrogens (tertiary/aromatic N) is 1. The third-order valence-electron chi connectivity index (χ3n) is 4.58. The lowest BCUT2D eigenvalue weighted by Crippen LogP contribution is -2.28. The molecular weight excluding hydrogens is 390 g/mol. The maximum atomic E-state index is 12.3. The Morgan fingerprint density at radius 3 is 2.55 bits per heavy atom. The molecule has 0 aliphatic carbocycles. The van der Waals surface area contributed by atoms with Gasteiger partial charge in [0.15, 0.2) is 0 Å². The van der Waals surface area contributed by atoms with Crippen molar-refractivity contribution in [1.82, 2.24) is 9.88 Å². The molecule has 29 heavy (non-hydrogen) atoms. The molecule has 0 saturated heterocycles. The van der Waals surface area contributed by atoms with Crippen LogP contribution in [0.5, 0.6) is 0 Å². The van der Waals surface area contributed by atoms with E-state index in [0.717, 1.165) is 22.6 Å². The number of urea groups is 1. The van der Waals surface area contributed by atoms with E-state index >= 15 is 0 Å². The second-order valence-corrected chi connectivity index (χ2v) is 7.03. The van der Waals surface area contributed by atoms with E-state index in [9.17, 15) is 9.59 Å². The van der Waals surface area contributed by atoms with Crippen LogP contribution in [0.3, 0.4) is 0 Å². The Morgan fingerprint density at radius 1 is 1.07 bits per heavy atom. The van der Waals surface area contributed by atoms with Crippen molar-refractivity contribution in [3.05, 3.63) is 82.1 Å². The molecule has 2 N–H and O–H groups in total. The Kier molecular flexibility index (Phi) is 6.24. The summed E-state index contributed by atoms with van der Waals surface area (Å²) in [5, 5.41) is 6.25. The fraction of sp³-hybridized carbons (Fsp3) is 0.182. The van der Waals surface area contributed by atoms with Gasteiger partial charge in [0.2, 0.25) is 0 Å². The predicted molar refractivity (Wildman–Crippen MR) is 114 cm³/mol. The van der Waals surface area contributed by atoms with Crippen LogP contribution in [0, 0.1) is 13.8 Å².